The van der Waals surface area contributed by atoms with Crippen molar-refractivity contribution in [1.29, 1.82) is 5.41 Å². The second kappa shape index (κ2) is 5.00. The molecule has 0 saturated carbocycles. The van der Waals surface area contributed by atoms with Gasteiger partial charge in [-0.15, -0.1) is 0 Å². The van der Waals surface area contributed by atoms with Crippen molar-refractivity contribution in [3.63, 3.8) is 0 Å². The van der Waals surface area contributed by atoms with Gasteiger partial charge in [0.25, 0.3) is 0 Å². The zero-order valence-electron chi connectivity index (χ0n) is 10.4. The molecule has 17 heavy (non-hydrogen) atoms. The lowest BCUT2D eigenvalue weighted by atomic mass is 9.94. The standard InChI is InChI=1S/C15H18N2/c1-11-4-3-5-12(8-11)13-6-7-15(17-2)14(9-13)10-16/h5-10,16-17H,3-4H2,1-2H3. The average Bonchev–Trinajstić information content (AvgIpc) is 2.38. The van der Waals surface area contributed by atoms with Gasteiger partial charge >= 0.3 is 0 Å². The topological polar surface area (TPSA) is 35.9 Å². The molecule has 1 aliphatic rings. The molecule has 1 aliphatic carbocycles. The predicted molar refractivity (Wildman–Crippen MR) is 74.8 cm³/mol. The van der Waals surface area contributed by atoms with E-state index in [0.717, 1.165) is 24.1 Å². The van der Waals surface area contributed by atoms with Crippen LogP contribution in [0, 0.1) is 5.41 Å². The molecule has 0 spiro atoms. The van der Waals surface area contributed by atoms with Crippen LogP contribution in [0.4, 0.5) is 5.69 Å². The van der Waals surface area contributed by atoms with Gasteiger partial charge < -0.3 is 10.7 Å². The molecule has 0 radical (unpaired) electrons. The van der Waals surface area contributed by atoms with Crippen molar-refractivity contribution in [3.05, 3.63) is 47.1 Å². The fourth-order valence-electron chi connectivity index (χ4n) is 2.14. The van der Waals surface area contributed by atoms with Crippen molar-refractivity contribution < 1.29 is 0 Å². The highest BCUT2D eigenvalue weighted by atomic mass is 14.8. The SMILES string of the molecule is CNc1ccc(C2=CCCC(C)=C2)cc1C=N. The van der Waals surface area contributed by atoms with Crippen molar-refractivity contribution in [2.45, 2.75) is 19.8 Å². The first-order chi connectivity index (χ1) is 8.24. The summed E-state index contributed by atoms with van der Waals surface area (Å²) in [6, 6.07) is 6.22. The van der Waals surface area contributed by atoms with Crippen molar-refractivity contribution in [1.82, 2.24) is 0 Å². The predicted octanol–water partition coefficient (Wildman–Crippen LogP) is 3.85. The fourth-order valence-corrected chi connectivity index (χ4v) is 2.14. The Bertz CT molecular complexity index is 496. The molecule has 0 bridgehead atoms. The van der Waals surface area contributed by atoms with Crippen LogP contribution in [-0.2, 0) is 0 Å². The monoisotopic (exact) mass is 226 g/mol. The Labute approximate surface area is 103 Å². The minimum Gasteiger partial charge on any atom is -0.388 e. The molecule has 88 valence electrons. The Kier molecular flexibility index (Phi) is 3.43. The highest BCUT2D eigenvalue weighted by molar-refractivity contribution is 5.89. The molecule has 0 amide bonds. The van der Waals surface area contributed by atoms with Gasteiger partial charge in [-0.05, 0) is 43.0 Å². The van der Waals surface area contributed by atoms with E-state index in [1.54, 1.807) is 0 Å². The van der Waals surface area contributed by atoms with Crippen LogP contribution in [0.15, 0.2) is 35.9 Å². The molecule has 0 fully saturated rings. The number of allylic oxidation sites excluding steroid dienone is 4. The fraction of sp³-hybridized carbons (Fsp3) is 0.267. The number of rotatable bonds is 3. The lowest BCUT2D eigenvalue weighted by molar-refractivity contribution is 0.966. The lowest BCUT2D eigenvalue weighted by Gasteiger charge is -2.13. The summed E-state index contributed by atoms with van der Waals surface area (Å²) in [5, 5.41) is 10.5. The number of anilines is 1. The first-order valence-corrected chi connectivity index (χ1v) is 5.94. The molecule has 1 aromatic carbocycles. The zero-order chi connectivity index (χ0) is 12.3. The first kappa shape index (κ1) is 11.6. The third kappa shape index (κ3) is 2.47. The summed E-state index contributed by atoms with van der Waals surface area (Å²) in [4.78, 5) is 0. The Morgan fingerprint density at radius 1 is 1.35 bits per heavy atom. The maximum Gasteiger partial charge on any atom is 0.0426 e. The Hall–Kier alpha value is -1.83. The van der Waals surface area contributed by atoms with E-state index in [4.69, 9.17) is 5.41 Å². The highest BCUT2D eigenvalue weighted by Gasteiger charge is 2.06. The summed E-state index contributed by atoms with van der Waals surface area (Å²) in [5.74, 6) is 0. The maximum absolute atomic E-state index is 7.44. The highest BCUT2D eigenvalue weighted by Crippen LogP contribution is 2.27. The third-order valence-corrected chi connectivity index (χ3v) is 3.11. The molecule has 2 heteroatoms. The van der Waals surface area contributed by atoms with Crippen LogP contribution in [0.3, 0.4) is 0 Å². The number of hydrogen-bond acceptors (Lipinski definition) is 2. The van der Waals surface area contributed by atoms with E-state index in [9.17, 15) is 0 Å². The summed E-state index contributed by atoms with van der Waals surface area (Å²) < 4.78 is 0. The molecule has 2 N–H and O–H groups in total. The van der Waals surface area contributed by atoms with Gasteiger partial charge in [-0.3, -0.25) is 0 Å². The molecule has 0 aliphatic heterocycles. The quantitative estimate of drug-likeness (QED) is 0.754. The van der Waals surface area contributed by atoms with E-state index in [0.29, 0.717) is 0 Å². The average molecular weight is 226 g/mol. The van der Waals surface area contributed by atoms with Gasteiger partial charge in [0.2, 0.25) is 0 Å². The van der Waals surface area contributed by atoms with Gasteiger partial charge in [0.15, 0.2) is 0 Å². The molecule has 0 saturated heterocycles. The van der Waals surface area contributed by atoms with Gasteiger partial charge in [0.1, 0.15) is 0 Å². The Balaban J connectivity index is 2.40. The molecule has 1 aromatic rings. The molecule has 0 aromatic heterocycles. The summed E-state index contributed by atoms with van der Waals surface area (Å²) in [6.45, 7) is 2.17. The third-order valence-electron chi connectivity index (χ3n) is 3.11. The summed E-state index contributed by atoms with van der Waals surface area (Å²) in [7, 11) is 1.88. The Morgan fingerprint density at radius 2 is 2.18 bits per heavy atom. The maximum atomic E-state index is 7.44. The van der Waals surface area contributed by atoms with Crippen LogP contribution >= 0.6 is 0 Å². The summed E-state index contributed by atoms with van der Waals surface area (Å²) >= 11 is 0. The second-order valence-electron chi connectivity index (χ2n) is 4.39. The molecule has 2 rings (SSSR count). The number of hydrogen-bond donors (Lipinski definition) is 2. The summed E-state index contributed by atoms with van der Waals surface area (Å²) in [6.07, 6.45) is 8.19. The van der Waals surface area contributed by atoms with Crippen LogP contribution < -0.4 is 5.32 Å². The van der Waals surface area contributed by atoms with Crippen molar-refractivity contribution in [3.8, 4) is 0 Å². The van der Waals surface area contributed by atoms with Gasteiger partial charge in [-0.1, -0.05) is 23.8 Å². The van der Waals surface area contributed by atoms with E-state index in [1.165, 1.54) is 22.9 Å². The van der Waals surface area contributed by atoms with E-state index in [2.05, 4.69) is 36.5 Å². The minimum atomic E-state index is 0.933. The first-order valence-electron chi connectivity index (χ1n) is 5.94. The molecular formula is C15H18N2. The van der Waals surface area contributed by atoms with Crippen LogP contribution in [0.25, 0.3) is 5.57 Å². The smallest absolute Gasteiger partial charge is 0.0426 e. The number of nitrogens with one attached hydrogen (secondary N) is 2. The van der Waals surface area contributed by atoms with Crippen molar-refractivity contribution in [2.75, 3.05) is 12.4 Å². The van der Waals surface area contributed by atoms with Crippen LogP contribution in [0.1, 0.15) is 30.9 Å². The molecule has 0 heterocycles. The van der Waals surface area contributed by atoms with Crippen LogP contribution in [-0.4, -0.2) is 13.3 Å². The zero-order valence-corrected chi connectivity index (χ0v) is 10.4. The van der Waals surface area contributed by atoms with E-state index in [-0.39, 0.29) is 0 Å². The van der Waals surface area contributed by atoms with E-state index < -0.39 is 0 Å². The lowest BCUT2D eigenvalue weighted by Crippen LogP contribution is -1.96. The van der Waals surface area contributed by atoms with Gasteiger partial charge in [0.05, 0.1) is 0 Å². The second-order valence-corrected chi connectivity index (χ2v) is 4.39. The van der Waals surface area contributed by atoms with Gasteiger partial charge in [-0.25, -0.2) is 0 Å². The molecule has 0 atom stereocenters. The Morgan fingerprint density at radius 3 is 2.82 bits per heavy atom. The summed E-state index contributed by atoms with van der Waals surface area (Å²) in [5.41, 5.74) is 5.83. The largest absolute Gasteiger partial charge is 0.388 e. The minimum absolute atomic E-state index is 0.933. The molecule has 2 nitrogen and oxygen atoms in total. The van der Waals surface area contributed by atoms with Crippen LogP contribution in [0.2, 0.25) is 0 Å². The van der Waals surface area contributed by atoms with E-state index >= 15 is 0 Å². The van der Waals surface area contributed by atoms with E-state index in [1.807, 2.05) is 13.1 Å². The molecular weight excluding hydrogens is 208 g/mol. The molecule has 0 unspecified atom stereocenters. The van der Waals surface area contributed by atoms with Crippen LogP contribution in [0.5, 0.6) is 0 Å². The van der Waals surface area contributed by atoms with Crippen molar-refractivity contribution in [2.24, 2.45) is 0 Å². The normalized spacial score (nSPS) is 14.9. The van der Waals surface area contributed by atoms with Gasteiger partial charge in [-0.2, -0.15) is 0 Å². The number of benzene rings is 1. The van der Waals surface area contributed by atoms with Gasteiger partial charge in [0, 0.05) is 24.5 Å². The van der Waals surface area contributed by atoms with Crippen molar-refractivity contribution >= 4 is 17.5 Å².